The predicted octanol–water partition coefficient (Wildman–Crippen LogP) is 2.56. The van der Waals surface area contributed by atoms with Crippen molar-refractivity contribution in [2.75, 3.05) is 13.1 Å². The van der Waals surface area contributed by atoms with Crippen LogP contribution in [-0.2, 0) is 0 Å². The first-order chi connectivity index (χ1) is 7.67. The third-order valence-electron chi connectivity index (χ3n) is 5.06. The molecule has 0 aromatic heterocycles. The average molecular weight is 225 g/mol. The molecule has 2 aliphatic carbocycles. The fourth-order valence-corrected chi connectivity index (χ4v) is 3.62. The van der Waals surface area contributed by atoms with Gasteiger partial charge >= 0.3 is 0 Å². The Morgan fingerprint density at radius 2 is 1.94 bits per heavy atom. The van der Waals surface area contributed by atoms with E-state index in [-0.39, 0.29) is 0 Å². The Morgan fingerprint density at radius 3 is 2.44 bits per heavy atom. The average Bonchev–Trinajstić information content (AvgIpc) is 2.91. The minimum atomic E-state index is -0.475. The van der Waals surface area contributed by atoms with Gasteiger partial charge in [0.1, 0.15) is 0 Å². The molecule has 2 bridgehead atoms. The largest absolute Gasteiger partial charge is 0.389 e. The SMILES string of the molecule is CCC(O)(CC)CNCC1CC2CCC1C2. The van der Waals surface area contributed by atoms with Crippen molar-refractivity contribution in [3.63, 3.8) is 0 Å². The summed E-state index contributed by atoms with van der Waals surface area (Å²) in [6, 6.07) is 0. The Morgan fingerprint density at radius 1 is 1.19 bits per heavy atom. The van der Waals surface area contributed by atoms with Gasteiger partial charge in [-0.3, -0.25) is 0 Å². The molecule has 0 heterocycles. The van der Waals surface area contributed by atoms with Crippen molar-refractivity contribution in [2.45, 2.75) is 58.0 Å². The number of nitrogens with one attached hydrogen (secondary N) is 1. The van der Waals surface area contributed by atoms with Gasteiger partial charge in [0, 0.05) is 6.54 Å². The first-order valence-electron chi connectivity index (χ1n) is 7.10. The highest BCUT2D eigenvalue weighted by atomic mass is 16.3. The van der Waals surface area contributed by atoms with Gasteiger partial charge in [-0.25, -0.2) is 0 Å². The van der Waals surface area contributed by atoms with Crippen molar-refractivity contribution in [3.05, 3.63) is 0 Å². The van der Waals surface area contributed by atoms with Gasteiger partial charge in [0.05, 0.1) is 5.60 Å². The molecular formula is C14H27NO. The monoisotopic (exact) mass is 225 g/mol. The molecule has 2 heteroatoms. The maximum Gasteiger partial charge on any atom is 0.0766 e. The summed E-state index contributed by atoms with van der Waals surface area (Å²) in [5.41, 5.74) is -0.475. The number of fused-ring (bicyclic) bond motifs is 2. The molecule has 2 aliphatic rings. The summed E-state index contributed by atoms with van der Waals surface area (Å²) in [6.45, 7) is 6.04. The molecular weight excluding hydrogens is 198 g/mol. The van der Waals surface area contributed by atoms with Gasteiger partial charge in [-0.15, -0.1) is 0 Å². The van der Waals surface area contributed by atoms with E-state index in [2.05, 4.69) is 19.2 Å². The molecule has 3 atom stereocenters. The number of aliphatic hydroxyl groups is 1. The smallest absolute Gasteiger partial charge is 0.0766 e. The number of hydrogen-bond donors (Lipinski definition) is 2. The van der Waals surface area contributed by atoms with E-state index in [9.17, 15) is 5.11 Å². The second-order valence-corrected chi connectivity index (χ2v) is 6.00. The molecule has 0 amide bonds. The van der Waals surface area contributed by atoms with E-state index in [1.54, 1.807) is 0 Å². The van der Waals surface area contributed by atoms with E-state index in [0.29, 0.717) is 0 Å². The molecule has 0 aromatic rings. The summed E-state index contributed by atoms with van der Waals surface area (Å²) >= 11 is 0. The van der Waals surface area contributed by atoms with Crippen molar-refractivity contribution in [1.82, 2.24) is 5.32 Å². The Balaban J connectivity index is 1.68. The van der Waals surface area contributed by atoms with Gasteiger partial charge in [0.15, 0.2) is 0 Å². The second kappa shape index (κ2) is 5.05. The quantitative estimate of drug-likeness (QED) is 0.728. The number of rotatable bonds is 6. The molecule has 0 aromatic carbocycles. The van der Waals surface area contributed by atoms with Gasteiger partial charge in [0.25, 0.3) is 0 Å². The van der Waals surface area contributed by atoms with Crippen LogP contribution in [0.5, 0.6) is 0 Å². The van der Waals surface area contributed by atoms with E-state index in [1.807, 2.05) is 0 Å². The van der Waals surface area contributed by atoms with Crippen molar-refractivity contribution in [3.8, 4) is 0 Å². The molecule has 16 heavy (non-hydrogen) atoms. The van der Waals surface area contributed by atoms with Crippen molar-refractivity contribution in [1.29, 1.82) is 0 Å². The van der Waals surface area contributed by atoms with Crippen LogP contribution in [0.1, 0.15) is 52.4 Å². The van der Waals surface area contributed by atoms with Gasteiger partial charge in [-0.05, 0) is 56.4 Å². The molecule has 0 saturated heterocycles. The second-order valence-electron chi connectivity index (χ2n) is 6.00. The molecule has 2 fully saturated rings. The van der Waals surface area contributed by atoms with Crippen LogP contribution in [-0.4, -0.2) is 23.8 Å². The minimum absolute atomic E-state index is 0.475. The lowest BCUT2D eigenvalue weighted by Crippen LogP contribution is -2.41. The summed E-state index contributed by atoms with van der Waals surface area (Å²) in [7, 11) is 0. The summed E-state index contributed by atoms with van der Waals surface area (Å²) in [4.78, 5) is 0. The van der Waals surface area contributed by atoms with Crippen LogP contribution in [0.4, 0.5) is 0 Å². The van der Waals surface area contributed by atoms with Crippen molar-refractivity contribution in [2.24, 2.45) is 17.8 Å². The Hall–Kier alpha value is -0.0800. The first kappa shape index (κ1) is 12.4. The van der Waals surface area contributed by atoms with Crippen LogP contribution in [0.15, 0.2) is 0 Å². The fourth-order valence-electron chi connectivity index (χ4n) is 3.62. The third kappa shape index (κ3) is 2.60. The third-order valence-corrected chi connectivity index (χ3v) is 5.06. The van der Waals surface area contributed by atoms with E-state index in [0.717, 1.165) is 43.7 Å². The topological polar surface area (TPSA) is 32.3 Å². The molecule has 2 rings (SSSR count). The molecule has 94 valence electrons. The minimum Gasteiger partial charge on any atom is -0.389 e. The summed E-state index contributed by atoms with van der Waals surface area (Å²) in [6.07, 6.45) is 7.57. The lowest BCUT2D eigenvalue weighted by molar-refractivity contribution is 0.0312. The zero-order valence-corrected chi connectivity index (χ0v) is 10.8. The first-order valence-corrected chi connectivity index (χ1v) is 7.10. The lowest BCUT2D eigenvalue weighted by atomic mass is 9.88. The Kier molecular flexibility index (Phi) is 3.91. The van der Waals surface area contributed by atoms with Crippen LogP contribution >= 0.6 is 0 Å². The molecule has 2 N–H and O–H groups in total. The maximum absolute atomic E-state index is 10.2. The van der Waals surface area contributed by atoms with Gasteiger partial charge < -0.3 is 10.4 Å². The van der Waals surface area contributed by atoms with Crippen molar-refractivity contribution < 1.29 is 5.11 Å². The van der Waals surface area contributed by atoms with Crippen LogP contribution in [0, 0.1) is 17.8 Å². The van der Waals surface area contributed by atoms with E-state index < -0.39 is 5.60 Å². The van der Waals surface area contributed by atoms with Gasteiger partial charge in [-0.1, -0.05) is 20.3 Å². The Bertz CT molecular complexity index is 225. The predicted molar refractivity (Wildman–Crippen MR) is 67.3 cm³/mol. The highest BCUT2D eigenvalue weighted by Crippen LogP contribution is 2.47. The summed E-state index contributed by atoms with van der Waals surface area (Å²) in [5.74, 6) is 2.93. The van der Waals surface area contributed by atoms with E-state index >= 15 is 0 Å². The van der Waals surface area contributed by atoms with Crippen molar-refractivity contribution >= 4 is 0 Å². The number of hydrogen-bond acceptors (Lipinski definition) is 2. The van der Waals surface area contributed by atoms with Crippen LogP contribution in [0.3, 0.4) is 0 Å². The van der Waals surface area contributed by atoms with Crippen LogP contribution in [0.2, 0.25) is 0 Å². The molecule has 0 radical (unpaired) electrons. The van der Waals surface area contributed by atoms with E-state index in [4.69, 9.17) is 0 Å². The summed E-state index contributed by atoms with van der Waals surface area (Å²) in [5, 5.41) is 13.7. The van der Waals surface area contributed by atoms with Crippen LogP contribution in [0.25, 0.3) is 0 Å². The maximum atomic E-state index is 10.2. The Labute approximate surface area is 99.8 Å². The van der Waals surface area contributed by atoms with Gasteiger partial charge in [-0.2, -0.15) is 0 Å². The zero-order valence-electron chi connectivity index (χ0n) is 10.8. The molecule has 2 saturated carbocycles. The highest BCUT2D eigenvalue weighted by Gasteiger charge is 2.39. The van der Waals surface area contributed by atoms with Gasteiger partial charge in [0.2, 0.25) is 0 Å². The lowest BCUT2D eigenvalue weighted by Gasteiger charge is -2.28. The highest BCUT2D eigenvalue weighted by molar-refractivity contribution is 4.91. The summed E-state index contributed by atoms with van der Waals surface area (Å²) < 4.78 is 0. The van der Waals surface area contributed by atoms with E-state index in [1.165, 1.54) is 25.7 Å². The fraction of sp³-hybridized carbons (Fsp3) is 1.00. The normalized spacial score (nSPS) is 33.6. The zero-order chi connectivity index (χ0) is 11.6. The molecule has 0 aliphatic heterocycles. The molecule has 2 nitrogen and oxygen atoms in total. The standard InChI is InChI=1S/C14H27NO/c1-3-14(16,4-2)10-15-9-13-8-11-5-6-12(13)7-11/h11-13,15-16H,3-10H2,1-2H3. The molecule has 3 unspecified atom stereocenters. The van der Waals surface area contributed by atoms with Crippen LogP contribution < -0.4 is 5.32 Å². The molecule has 0 spiro atoms.